The van der Waals surface area contributed by atoms with Gasteiger partial charge >= 0.3 is 0 Å². The lowest BCUT2D eigenvalue weighted by Gasteiger charge is -2.36. The van der Waals surface area contributed by atoms with E-state index in [9.17, 15) is 4.79 Å². The molecule has 0 radical (unpaired) electrons. The number of hydrogen-bond donors (Lipinski definition) is 1. The van der Waals surface area contributed by atoms with Crippen LogP contribution < -0.4 is 4.74 Å². The first kappa shape index (κ1) is 18.5. The zero-order valence-electron chi connectivity index (χ0n) is 17.1. The summed E-state index contributed by atoms with van der Waals surface area (Å²) in [7, 11) is 1.80. The molecule has 0 saturated carbocycles. The lowest BCUT2D eigenvalue weighted by Crippen LogP contribution is -2.41. The number of amides is 1. The number of rotatable bonds is 4. The van der Waals surface area contributed by atoms with Crippen molar-refractivity contribution in [1.82, 2.24) is 19.7 Å². The second kappa shape index (κ2) is 7.37. The predicted molar refractivity (Wildman–Crippen MR) is 116 cm³/mol. The highest BCUT2D eigenvalue weighted by molar-refractivity contribution is 5.94. The SMILES string of the molecule is CCOc1ccc([C@H]2c3[nH]c4ccccc4c3CCN2C(=O)c2ccnn2C)cc1. The predicted octanol–water partition coefficient (Wildman–Crippen LogP) is 4.09. The molecule has 0 unspecified atom stereocenters. The summed E-state index contributed by atoms with van der Waals surface area (Å²) in [5.41, 5.74) is 5.13. The van der Waals surface area contributed by atoms with Crippen molar-refractivity contribution in [2.45, 2.75) is 19.4 Å². The number of carbonyl (C=O) groups excluding carboxylic acids is 1. The zero-order chi connectivity index (χ0) is 20.7. The summed E-state index contributed by atoms with van der Waals surface area (Å²) in [4.78, 5) is 19.0. The van der Waals surface area contributed by atoms with Crippen LogP contribution in [0.1, 0.15) is 40.3 Å². The van der Waals surface area contributed by atoms with Gasteiger partial charge in [0.25, 0.3) is 5.91 Å². The van der Waals surface area contributed by atoms with Gasteiger partial charge in [-0.2, -0.15) is 5.10 Å². The Labute approximate surface area is 175 Å². The molecule has 4 aromatic rings. The number of para-hydroxylation sites is 1. The highest BCUT2D eigenvalue weighted by atomic mass is 16.5. The Morgan fingerprint density at radius 1 is 1.17 bits per heavy atom. The quantitative estimate of drug-likeness (QED) is 0.561. The summed E-state index contributed by atoms with van der Waals surface area (Å²) in [6, 6.07) is 18.0. The molecule has 1 atom stereocenters. The number of nitrogens with one attached hydrogen (secondary N) is 1. The number of aromatic nitrogens is 3. The minimum Gasteiger partial charge on any atom is -0.494 e. The first-order valence-electron chi connectivity index (χ1n) is 10.3. The van der Waals surface area contributed by atoms with Gasteiger partial charge in [0.2, 0.25) is 0 Å². The van der Waals surface area contributed by atoms with E-state index < -0.39 is 0 Å². The van der Waals surface area contributed by atoms with E-state index in [-0.39, 0.29) is 11.9 Å². The third-order valence-electron chi connectivity index (χ3n) is 5.84. The summed E-state index contributed by atoms with van der Waals surface area (Å²) < 4.78 is 7.25. The second-order valence-electron chi connectivity index (χ2n) is 7.56. The summed E-state index contributed by atoms with van der Waals surface area (Å²) in [5.74, 6) is 0.816. The van der Waals surface area contributed by atoms with Gasteiger partial charge in [-0.3, -0.25) is 9.48 Å². The Bertz CT molecular complexity index is 1210. The molecule has 6 heteroatoms. The van der Waals surface area contributed by atoms with Crippen LogP contribution >= 0.6 is 0 Å². The number of ether oxygens (including phenoxy) is 1. The standard InChI is InChI=1S/C24H24N4O2/c1-3-30-17-10-8-16(9-11-17)23-22-19(18-6-4-5-7-20(18)26-22)13-15-28(23)24(29)21-12-14-25-27(21)2/h4-12,14,23,26H,3,13,15H2,1-2H3/t23-/m0/s1. The number of aryl methyl sites for hydroxylation is 1. The molecule has 1 N–H and O–H groups in total. The van der Waals surface area contributed by atoms with Gasteiger partial charge in [0.1, 0.15) is 11.4 Å². The van der Waals surface area contributed by atoms with Gasteiger partial charge in [-0.25, -0.2) is 0 Å². The Morgan fingerprint density at radius 2 is 1.97 bits per heavy atom. The van der Waals surface area contributed by atoms with E-state index in [2.05, 4.69) is 40.4 Å². The minimum atomic E-state index is -0.195. The Kier molecular flexibility index (Phi) is 4.54. The highest BCUT2D eigenvalue weighted by Gasteiger charge is 2.35. The number of carbonyl (C=O) groups is 1. The molecule has 2 aromatic carbocycles. The van der Waals surface area contributed by atoms with Crippen LogP contribution in [-0.2, 0) is 13.5 Å². The van der Waals surface area contributed by atoms with Crippen molar-refractivity contribution in [3.63, 3.8) is 0 Å². The fourth-order valence-corrected chi connectivity index (χ4v) is 4.45. The van der Waals surface area contributed by atoms with E-state index in [1.807, 2.05) is 30.0 Å². The average Bonchev–Trinajstić information content (AvgIpc) is 3.36. The van der Waals surface area contributed by atoms with Crippen LogP contribution in [-0.4, -0.2) is 38.7 Å². The van der Waals surface area contributed by atoms with Crippen LogP contribution in [0.2, 0.25) is 0 Å². The molecule has 0 fully saturated rings. The molecule has 0 saturated heterocycles. The van der Waals surface area contributed by atoms with E-state index in [1.54, 1.807) is 24.0 Å². The van der Waals surface area contributed by atoms with E-state index in [4.69, 9.17) is 4.74 Å². The first-order valence-corrected chi connectivity index (χ1v) is 10.3. The lowest BCUT2D eigenvalue weighted by molar-refractivity contribution is 0.0680. The largest absolute Gasteiger partial charge is 0.494 e. The number of H-pyrrole nitrogens is 1. The Balaban J connectivity index is 1.64. The topological polar surface area (TPSA) is 63.1 Å². The van der Waals surface area contributed by atoms with Gasteiger partial charge < -0.3 is 14.6 Å². The van der Waals surface area contributed by atoms with E-state index >= 15 is 0 Å². The van der Waals surface area contributed by atoms with E-state index in [1.165, 1.54) is 10.9 Å². The zero-order valence-corrected chi connectivity index (χ0v) is 17.1. The van der Waals surface area contributed by atoms with E-state index in [0.717, 1.165) is 28.9 Å². The van der Waals surface area contributed by atoms with Gasteiger partial charge in [-0.1, -0.05) is 30.3 Å². The third kappa shape index (κ3) is 2.96. The van der Waals surface area contributed by atoms with Gasteiger partial charge in [-0.05, 0) is 48.7 Å². The molecule has 0 aliphatic carbocycles. The molecule has 1 amide bonds. The minimum absolute atomic E-state index is 0.0156. The third-order valence-corrected chi connectivity index (χ3v) is 5.84. The molecular formula is C24H24N4O2. The normalized spacial score (nSPS) is 15.9. The molecule has 0 spiro atoms. The Morgan fingerprint density at radius 3 is 2.70 bits per heavy atom. The van der Waals surface area contributed by atoms with Crippen molar-refractivity contribution in [3.8, 4) is 5.75 Å². The number of fused-ring (bicyclic) bond motifs is 3. The highest BCUT2D eigenvalue weighted by Crippen LogP contribution is 2.39. The summed E-state index contributed by atoms with van der Waals surface area (Å²) >= 11 is 0. The van der Waals surface area contributed by atoms with Crippen LogP contribution in [0.3, 0.4) is 0 Å². The Hall–Kier alpha value is -3.54. The van der Waals surface area contributed by atoms with Crippen LogP contribution in [0.25, 0.3) is 10.9 Å². The van der Waals surface area contributed by atoms with Crippen molar-refractivity contribution < 1.29 is 9.53 Å². The molecule has 6 nitrogen and oxygen atoms in total. The van der Waals surface area contributed by atoms with Gasteiger partial charge in [0.05, 0.1) is 12.6 Å². The fraction of sp³-hybridized carbons (Fsp3) is 0.250. The molecule has 2 aromatic heterocycles. The van der Waals surface area contributed by atoms with Crippen molar-refractivity contribution >= 4 is 16.8 Å². The molecular weight excluding hydrogens is 376 g/mol. The van der Waals surface area contributed by atoms with E-state index in [0.29, 0.717) is 18.8 Å². The van der Waals surface area contributed by atoms with Gasteiger partial charge in [-0.15, -0.1) is 0 Å². The summed E-state index contributed by atoms with van der Waals surface area (Å²) in [5, 5.41) is 5.42. The van der Waals surface area contributed by atoms with Crippen LogP contribution in [0.5, 0.6) is 5.75 Å². The first-order chi connectivity index (χ1) is 14.7. The summed E-state index contributed by atoms with van der Waals surface area (Å²) in [6.45, 7) is 3.25. The molecule has 1 aliphatic rings. The van der Waals surface area contributed by atoms with Crippen molar-refractivity contribution in [2.75, 3.05) is 13.2 Å². The van der Waals surface area contributed by atoms with Crippen molar-refractivity contribution in [2.24, 2.45) is 7.05 Å². The van der Waals surface area contributed by atoms with Crippen LogP contribution in [0.4, 0.5) is 0 Å². The number of hydrogen-bond acceptors (Lipinski definition) is 3. The maximum atomic E-state index is 13.5. The number of benzene rings is 2. The monoisotopic (exact) mass is 400 g/mol. The molecule has 5 rings (SSSR count). The smallest absolute Gasteiger partial charge is 0.272 e. The summed E-state index contributed by atoms with van der Waals surface area (Å²) in [6.07, 6.45) is 2.48. The molecule has 30 heavy (non-hydrogen) atoms. The maximum Gasteiger partial charge on any atom is 0.272 e. The van der Waals surface area contributed by atoms with Gasteiger partial charge in [0.15, 0.2) is 0 Å². The molecule has 1 aliphatic heterocycles. The lowest BCUT2D eigenvalue weighted by atomic mass is 9.92. The number of aromatic amines is 1. The second-order valence-corrected chi connectivity index (χ2v) is 7.56. The molecule has 0 bridgehead atoms. The van der Waals surface area contributed by atoms with Crippen LogP contribution in [0, 0.1) is 0 Å². The van der Waals surface area contributed by atoms with Crippen molar-refractivity contribution in [3.05, 3.63) is 83.3 Å². The fourth-order valence-electron chi connectivity index (χ4n) is 4.45. The molecule has 3 heterocycles. The van der Waals surface area contributed by atoms with Crippen LogP contribution in [0.15, 0.2) is 60.8 Å². The van der Waals surface area contributed by atoms with Crippen molar-refractivity contribution in [1.29, 1.82) is 0 Å². The van der Waals surface area contributed by atoms with Gasteiger partial charge in [0, 0.05) is 36.4 Å². The maximum absolute atomic E-state index is 13.5. The average molecular weight is 400 g/mol. The number of nitrogens with zero attached hydrogens (tertiary/aromatic N) is 3. The molecule has 152 valence electrons.